The number of nitrogens with one attached hydrogen (secondary N) is 1. The lowest BCUT2D eigenvalue weighted by atomic mass is 10.0. The van der Waals surface area contributed by atoms with E-state index in [0.717, 1.165) is 48.9 Å². The maximum absolute atomic E-state index is 6.37. The quantitative estimate of drug-likeness (QED) is 0.890. The third-order valence-corrected chi connectivity index (χ3v) is 4.28. The minimum absolute atomic E-state index is 0. The standard InChI is InChI=1S/C16H21ClN4O.ClH/c1-2-5-15-19-16(22-20-15)11-21-9-8-18-10-14(21)12-6-3-4-7-13(12)17;/h3-4,6-7,14,18H,2,5,8-11H2,1H3;1H. The Bertz CT molecular complexity index is 620. The van der Waals surface area contributed by atoms with Crippen LogP contribution in [0.2, 0.25) is 5.02 Å². The third kappa shape index (κ3) is 4.44. The molecule has 7 heteroatoms. The summed E-state index contributed by atoms with van der Waals surface area (Å²) in [5.41, 5.74) is 1.14. The van der Waals surface area contributed by atoms with Crippen LogP contribution in [0.5, 0.6) is 0 Å². The van der Waals surface area contributed by atoms with Crippen molar-refractivity contribution in [2.24, 2.45) is 0 Å². The van der Waals surface area contributed by atoms with Crippen LogP contribution < -0.4 is 5.32 Å². The highest BCUT2D eigenvalue weighted by Crippen LogP contribution is 2.29. The van der Waals surface area contributed by atoms with Gasteiger partial charge in [0, 0.05) is 37.1 Å². The predicted octanol–water partition coefficient (Wildman–Crippen LogP) is 3.24. The summed E-state index contributed by atoms with van der Waals surface area (Å²) in [7, 11) is 0. The first-order valence-electron chi connectivity index (χ1n) is 7.78. The molecule has 0 aliphatic carbocycles. The van der Waals surface area contributed by atoms with Gasteiger partial charge in [-0.1, -0.05) is 41.9 Å². The van der Waals surface area contributed by atoms with Crippen LogP contribution in [-0.2, 0) is 13.0 Å². The van der Waals surface area contributed by atoms with Crippen LogP contribution in [-0.4, -0.2) is 34.7 Å². The van der Waals surface area contributed by atoms with Gasteiger partial charge < -0.3 is 9.84 Å². The van der Waals surface area contributed by atoms with Gasteiger partial charge in [0.1, 0.15) is 0 Å². The Balaban J connectivity index is 0.00000192. The van der Waals surface area contributed by atoms with Crippen LogP contribution in [0.4, 0.5) is 0 Å². The van der Waals surface area contributed by atoms with Gasteiger partial charge in [-0.15, -0.1) is 12.4 Å². The van der Waals surface area contributed by atoms with Gasteiger partial charge in [0.15, 0.2) is 5.82 Å². The topological polar surface area (TPSA) is 54.2 Å². The summed E-state index contributed by atoms with van der Waals surface area (Å²) in [5.74, 6) is 1.48. The van der Waals surface area contributed by atoms with Crippen molar-refractivity contribution in [3.8, 4) is 0 Å². The van der Waals surface area contributed by atoms with Crippen molar-refractivity contribution in [2.75, 3.05) is 19.6 Å². The first-order chi connectivity index (χ1) is 10.8. The summed E-state index contributed by atoms with van der Waals surface area (Å²) < 4.78 is 5.38. The summed E-state index contributed by atoms with van der Waals surface area (Å²) >= 11 is 6.37. The number of halogens is 2. The van der Waals surface area contributed by atoms with Gasteiger partial charge in [-0.2, -0.15) is 4.98 Å². The summed E-state index contributed by atoms with van der Waals surface area (Å²) in [6.45, 7) is 5.53. The largest absolute Gasteiger partial charge is 0.338 e. The molecular weight excluding hydrogens is 335 g/mol. The maximum atomic E-state index is 6.37. The molecule has 1 aromatic carbocycles. The van der Waals surface area contributed by atoms with Crippen molar-refractivity contribution in [2.45, 2.75) is 32.4 Å². The van der Waals surface area contributed by atoms with E-state index in [9.17, 15) is 0 Å². The molecule has 1 unspecified atom stereocenters. The molecule has 5 nitrogen and oxygen atoms in total. The second-order valence-electron chi connectivity index (χ2n) is 5.57. The van der Waals surface area contributed by atoms with E-state index in [2.05, 4.69) is 33.3 Å². The Labute approximate surface area is 147 Å². The van der Waals surface area contributed by atoms with E-state index in [-0.39, 0.29) is 18.4 Å². The van der Waals surface area contributed by atoms with Crippen molar-refractivity contribution in [3.63, 3.8) is 0 Å². The highest BCUT2D eigenvalue weighted by atomic mass is 35.5. The van der Waals surface area contributed by atoms with Gasteiger partial charge in [0.2, 0.25) is 5.89 Å². The molecule has 1 aliphatic heterocycles. The fourth-order valence-corrected chi connectivity index (χ4v) is 3.10. The van der Waals surface area contributed by atoms with Crippen LogP contribution in [0, 0.1) is 0 Å². The molecule has 0 radical (unpaired) electrons. The summed E-state index contributed by atoms with van der Waals surface area (Å²) in [4.78, 5) is 6.82. The number of nitrogens with zero attached hydrogens (tertiary/aromatic N) is 3. The van der Waals surface area contributed by atoms with Gasteiger partial charge in [0.25, 0.3) is 0 Å². The van der Waals surface area contributed by atoms with E-state index in [1.165, 1.54) is 0 Å². The molecule has 2 heterocycles. The van der Waals surface area contributed by atoms with Crippen molar-refractivity contribution >= 4 is 24.0 Å². The molecule has 1 atom stereocenters. The molecule has 126 valence electrons. The van der Waals surface area contributed by atoms with Gasteiger partial charge >= 0.3 is 0 Å². The normalized spacial score (nSPS) is 18.6. The molecule has 1 aliphatic rings. The second kappa shape index (κ2) is 8.64. The predicted molar refractivity (Wildman–Crippen MR) is 93.0 cm³/mol. The van der Waals surface area contributed by atoms with E-state index in [1.54, 1.807) is 0 Å². The highest BCUT2D eigenvalue weighted by Gasteiger charge is 2.26. The number of benzene rings is 1. The number of hydrogen-bond acceptors (Lipinski definition) is 5. The van der Waals surface area contributed by atoms with Crippen molar-refractivity contribution in [1.82, 2.24) is 20.4 Å². The average molecular weight is 357 g/mol. The smallest absolute Gasteiger partial charge is 0.240 e. The Hall–Kier alpha value is -1.14. The first kappa shape index (κ1) is 18.2. The van der Waals surface area contributed by atoms with E-state index in [0.29, 0.717) is 12.4 Å². The molecule has 3 rings (SSSR count). The molecule has 0 amide bonds. The minimum Gasteiger partial charge on any atom is -0.338 e. The lowest BCUT2D eigenvalue weighted by molar-refractivity contribution is 0.135. The van der Waals surface area contributed by atoms with E-state index in [4.69, 9.17) is 16.1 Å². The van der Waals surface area contributed by atoms with E-state index < -0.39 is 0 Å². The van der Waals surface area contributed by atoms with E-state index in [1.807, 2.05) is 18.2 Å². The van der Waals surface area contributed by atoms with Crippen LogP contribution in [0.25, 0.3) is 0 Å². The SMILES string of the molecule is CCCc1noc(CN2CCNCC2c2ccccc2Cl)n1.Cl. The first-order valence-corrected chi connectivity index (χ1v) is 8.16. The third-order valence-electron chi connectivity index (χ3n) is 3.94. The molecule has 0 bridgehead atoms. The zero-order valence-electron chi connectivity index (χ0n) is 13.2. The Morgan fingerprint density at radius 2 is 2.22 bits per heavy atom. The monoisotopic (exact) mass is 356 g/mol. The maximum Gasteiger partial charge on any atom is 0.240 e. The van der Waals surface area contributed by atoms with Gasteiger partial charge in [-0.3, -0.25) is 4.90 Å². The lowest BCUT2D eigenvalue weighted by Gasteiger charge is -2.35. The summed E-state index contributed by atoms with van der Waals surface area (Å²) in [6, 6.07) is 8.24. The van der Waals surface area contributed by atoms with Crippen LogP contribution >= 0.6 is 24.0 Å². The van der Waals surface area contributed by atoms with Gasteiger partial charge in [-0.25, -0.2) is 0 Å². The molecule has 1 fully saturated rings. The molecule has 2 aromatic rings. The van der Waals surface area contributed by atoms with E-state index >= 15 is 0 Å². The molecule has 1 saturated heterocycles. The molecule has 23 heavy (non-hydrogen) atoms. The summed E-state index contributed by atoms with van der Waals surface area (Å²) in [6.07, 6.45) is 1.88. The van der Waals surface area contributed by atoms with Crippen LogP contribution in [0.3, 0.4) is 0 Å². The second-order valence-corrected chi connectivity index (χ2v) is 5.97. The fraction of sp³-hybridized carbons (Fsp3) is 0.500. The number of piperazine rings is 1. The minimum atomic E-state index is 0. The fourth-order valence-electron chi connectivity index (χ4n) is 2.84. The molecule has 1 N–H and O–H groups in total. The number of rotatable bonds is 5. The van der Waals surface area contributed by atoms with Crippen LogP contribution in [0.15, 0.2) is 28.8 Å². The lowest BCUT2D eigenvalue weighted by Crippen LogP contribution is -2.45. The zero-order valence-corrected chi connectivity index (χ0v) is 14.7. The number of hydrogen-bond donors (Lipinski definition) is 1. The highest BCUT2D eigenvalue weighted by molar-refractivity contribution is 6.31. The molecular formula is C16H22Cl2N4O. The molecule has 1 aromatic heterocycles. The van der Waals surface area contributed by atoms with Gasteiger partial charge in [0.05, 0.1) is 6.54 Å². The zero-order chi connectivity index (χ0) is 15.4. The number of aromatic nitrogens is 2. The number of aryl methyl sites for hydroxylation is 1. The Morgan fingerprint density at radius 3 is 3.00 bits per heavy atom. The van der Waals surface area contributed by atoms with Crippen molar-refractivity contribution < 1.29 is 4.52 Å². The summed E-state index contributed by atoms with van der Waals surface area (Å²) in [5, 5.41) is 8.27. The molecule has 0 spiro atoms. The molecule has 0 saturated carbocycles. The Kier molecular flexibility index (Phi) is 6.84. The Morgan fingerprint density at radius 1 is 1.39 bits per heavy atom. The average Bonchev–Trinajstić information content (AvgIpc) is 2.96. The van der Waals surface area contributed by atoms with Gasteiger partial charge in [-0.05, 0) is 18.1 Å². The van der Waals surface area contributed by atoms with Crippen LogP contribution in [0.1, 0.15) is 36.7 Å². The van der Waals surface area contributed by atoms with Crippen molar-refractivity contribution in [3.05, 3.63) is 46.6 Å². The van der Waals surface area contributed by atoms with Crippen molar-refractivity contribution in [1.29, 1.82) is 0 Å².